The predicted octanol–water partition coefficient (Wildman–Crippen LogP) is 1.77. The van der Waals surface area contributed by atoms with Crippen molar-refractivity contribution in [1.29, 1.82) is 0 Å². The van der Waals surface area contributed by atoms with Crippen LogP contribution in [0.4, 0.5) is 0 Å². The van der Waals surface area contributed by atoms with Gasteiger partial charge in [0.1, 0.15) is 0 Å². The molecule has 1 aromatic carbocycles. The van der Waals surface area contributed by atoms with Crippen LogP contribution in [0.25, 0.3) is 0 Å². The van der Waals surface area contributed by atoms with Crippen LogP contribution in [0.15, 0.2) is 29.2 Å². The summed E-state index contributed by atoms with van der Waals surface area (Å²) in [5.74, 6) is -1.11. The Balaban J connectivity index is 1.92. The molecule has 0 spiro atoms. The third-order valence-corrected chi connectivity index (χ3v) is 6.35. The average molecular weight is 382 g/mol. The van der Waals surface area contributed by atoms with Crippen LogP contribution in [0.1, 0.15) is 44.6 Å². The van der Waals surface area contributed by atoms with Gasteiger partial charge in [0.15, 0.2) is 0 Å². The molecule has 1 aliphatic heterocycles. The monoisotopic (exact) mass is 382 g/mol. The maximum Gasteiger partial charge on any atom is 0.303 e. The molecule has 2 N–H and O–H groups in total. The molecular weight excluding hydrogens is 356 g/mol. The van der Waals surface area contributed by atoms with Gasteiger partial charge in [-0.2, -0.15) is 4.31 Å². The number of nitrogens with one attached hydrogen (secondary N) is 1. The number of amides is 1. The number of benzene rings is 1. The number of sulfonamides is 1. The molecule has 0 radical (unpaired) electrons. The lowest BCUT2D eigenvalue weighted by molar-refractivity contribution is -0.137. The second-order valence-corrected chi connectivity index (χ2v) is 8.62. The summed E-state index contributed by atoms with van der Waals surface area (Å²) in [6.45, 7) is 2.87. The molecule has 144 valence electrons. The summed E-state index contributed by atoms with van der Waals surface area (Å²) in [6.07, 6.45) is 3.33. The van der Waals surface area contributed by atoms with Gasteiger partial charge in [-0.1, -0.05) is 18.6 Å². The summed E-state index contributed by atoms with van der Waals surface area (Å²) in [7, 11) is -3.46. The summed E-state index contributed by atoms with van der Waals surface area (Å²) in [5, 5.41) is 11.4. The Kier molecular flexibility index (Phi) is 7.16. The molecule has 1 unspecified atom stereocenters. The molecule has 26 heavy (non-hydrogen) atoms. The van der Waals surface area contributed by atoms with E-state index in [1.54, 1.807) is 31.2 Å². The van der Waals surface area contributed by atoms with Crippen molar-refractivity contribution in [1.82, 2.24) is 9.62 Å². The number of piperidine rings is 1. The first-order valence-corrected chi connectivity index (χ1v) is 10.3. The van der Waals surface area contributed by atoms with E-state index >= 15 is 0 Å². The maximum atomic E-state index is 12.6. The van der Waals surface area contributed by atoms with Gasteiger partial charge in [-0.05, 0) is 43.9 Å². The summed E-state index contributed by atoms with van der Waals surface area (Å²) < 4.78 is 26.7. The van der Waals surface area contributed by atoms with E-state index in [2.05, 4.69) is 5.32 Å². The van der Waals surface area contributed by atoms with E-state index in [4.69, 9.17) is 5.11 Å². The lowest BCUT2D eigenvalue weighted by Crippen LogP contribution is -2.35. The quantitative estimate of drug-likeness (QED) is 0.713. The van der Waals surface area contributed by atoms with Crippen LogP contribution in [0, 0.1) is 0 Å². The van der Waals surface area contributed by atoms with Crippen LogP contribution < -0.4 is 5.32 Å². The van der Waals surface area contributed by atoms with Crippen LogP contribution in [0.2, 0.25) is 0 Å². The van der Waals surface area contributed by atoms with Gasteiger partial charge in [0.2, 0.25) is 15.9 Å². The number of carboxylic acids is 1. The van der Waals surface area contributed by atoms with E-state index < -0.39 is 16.0 Å². The number of hydrogen-bond acceptors (Lipinski definition) is 4. The Bertz CT molecular complexity index is 724. The van der Waals surface area contributed by atoms with E-state index in [0.717, 1.165) is 19.3 Å². The van der Waals surface area contributed by atoms with Crippen LogP contribution in [0.3, 0.4) is 0 Å². The fraction of sp³-hybridized carbons (Fsp3) is 0.556. The van der Waals surface area contributed by atoms with E-state index in [9.17, 15) is 18.0 Å². The zero-order valence-corrected chi connectivity index (χ0v) is 15.8. The zero-order chi connectivity index (χ0) is 19.2. The standard InChI is InChI=1S/C18H26N2O5S/c1-14(5-10-18(22)23)19-17(21)13-15-6-8-16(9-7-15)26(24,25)20-11-3-2-4-12-20/h6-9,14H,2-5,10-13H2,1H3,(H,19,21)(H,22,23). The highest BCUT2D eigenvalue weighted by molar-refractivity contribution is 7.89. The molecule has 2 rings (SSSR count). The molecule has 1 saturated heterocycles. The minimum atomic E-state index is -3.46. The minimum absolute atomic E-state index is 0.00447. The van der Waals surface area contributed by atoms with Gasteiger partial charge in [-0.25, -0.2) is 8.42 Å². The fourth-order valence-corrected chi connectivity index (χ4v) is 4.47. The molecule has 1 aliphatic rings. The molecule has 1 aromatic rings. The molecular formula is C18H26N2O5S. The number of carbonyl (C=O) groups excluding carboxylic acids is 1. The number of hydrogen-bond donors (Lipinski definition) is 2. The van der Waals surface area contributed by atoms with Crippen molar-refractivity contribution in [3.05, 3.63) is 29.8 Å². The molecule has 1 atom stereocenters. The topological polar surface area (TPSA) is 104 Å². The van der Waals surface area contributed by atoms with Gasteiger partial charge in [0.25, 0.3) is 0 Å². The second kappa shape index (κ2) is 9.14. The second-order valence-electron chi connectivity index (χ2n) is 6.69. The molecule has 1 amide bonds. The lowest BCUT2D eigenvalue weighted by atomic mass is 10.1. The first kappa shape index (κ1) is 20.4. The highest BCUT2D eigenvalue weighted by atomic mass is 32.2. The Hall–Kier alpha value is -1.93. The van der Waals surface area contributed by atoms with Gasteiger partial charge < -0.3 is 10.4 Å². The van der Waals surface area contributed by atoms with Crippen LogP contribution in [0.5, 0.6) is 0 Å². The average Bonchev–Trinajstić information content (AvgIpc) is 2.61. The smallest absolute Gasteiger partial charge is 0.303 e. The highest BCUT2D eigenvalue weighted by Crippen LogP contribution is 2.21. The van der Waals surface area contributed by atoms with Gasteiger partial charge in [-0.3, -0.25) is 9.59 Å². The Labute approximate surface area is 154 Å². The molecule has 0 bridgehead atoms. The molecule has 7 nitrogen and oxygen atoms in total. The fourth-order valence-electron chi connectivity index (χ4n) is 2.96. The molecule has 0 saturated carbocycles. The molecule has 1 heterocycles. The number of aliphatic carboxylic acids is 1. The summed E-state index contributed by atoms with van der Waals surface area (Å²) in [5.41, 5.74) is 0.713. The van der Waals surface area contributed by atoms with Crippen molar-refractivity contribution in [2.45, 2.75) is 56.4 Å². The summed E-state index contributed by atoms with van der Waals surface area (Å²) in [6, 6.07) is 6.16. The Morgan fingerprint density at radius 3 is 2.35 bits per heavy atom. The minimum Gasteiger partial charge on any atom is -0.481 e. The SMILES string of the molecule is CC(CCC(=O)O)NC(=O)Cc1ccc(S(=O)(=O)N2CCCCC2)cc1. The van der Waals surface area contributed by atoms with Gasteiger partial charge in [-0.15, -0.1) is 0 Å². The first-order valence-electron chi connectivity index (χ1n) is 8.89. The van der Waals surface area contributed by atoms with Gasteiger partial charge in [0.05, 0.1) is 11.3 Å². The first-order chi connectivity index (χ1) is 12.3. The Morgan fingerprint density at radius 1 is 1.15 bits per heavy atom. The number of rotatable bonds is 8. The molecule has 0 aromatic heterocycles. The Morgan fingerprint density at radius 2 is 1.77 bits per heavy atom. The van der Waals surface area contributed by atoms with Crippen molar-refractivity contribution in [3.8, 4) is 0 Å². The van der Waals surface area contributed by atoms with E-state index in [-0.39, 0.29) is 29.7 Å². The number of nitrogens with zero attached hydrogens (tertiary/aromatic N) is 1. The van der Waals surface area contributed by atoms with Crippen LogP contribution >= 0.6 is 0 Å². The van der Waals surface area contributed by atoms with Crippen molar-refractivity contribution in [2.75, 3.05) is 13.1 Å². The van der Waals surface area contributed by atoms with Crippen LogP contribution in [-0.2, 0) is 26.0 Å². The maximum absolute atomic E-state index is 12.6. The largest absolute Gasteiger partial charge is 0.481 e. The third-order valence-electron chi connectivity index (χ3n) is 4.44. The highest BCUT2D eigenvalue weighted by Gasteiger charge is 2.25. The van der Waals surface area contributed by atoms with Crippen molar-refractivity contribution < 1.29 is 23.1 Å². The normalized spacial score (nSPS) is 16.8. The third kappa shape index (κ3) is 5.81. The molecule has 0 aliphatic carbocycles. The summed E-state index contributed by atoms with van der Waals surface area (Å²) >= 11 is 0. The number of carboxylic acid groups (broad SMARTS) is 1. The van der Waals surface area contributed by atoms with Crippen LogP contribution in [-0.4, -0.2) is 48.8 Å². The van der Waals surface area contributed by atoms with E-state index in [1.807, 2.05) is 0 Å². The van der Waals surface area contributed by atoms with Gasteiger partial charge >= 0.3 is 5.97 Å². The summed E-state index contributed by atoms with van der Waals surface area (Å²) in [4.78, 5) is 22.8. The van der Waals surface area contributed by atoms with E-state index in [1.165, 1.54) is 4.31 Å². The molecule has 1 fully saturated rings. The van der Waals surface area contributed by atoms with Crippen molar-refractivity contribution >= 4 is 21.9 Å². The van der Waals surface area contributed by atoms with E-state index in [0.29, 0.717) is 25.1 Å². The lowest BCUT2D eigenvalue weighted by Gasteiger charge is -2.25. The zero-order valence-electron chi connectivity index (χ0n) is 15.0. The van der Waals surface area contributed by atoms with Crippen molar-refractivity contribution in [3.63, 3.8) is 0 Å². The van der Waals surface area contributed by atoms with Crippen molar-refractivity contribution in [2.24, 2.45) is 0 Å². The predicted molar refractivity (Wildman–Crippen MR) is 97.2 cm³/mol. The molecule has 8 heteroatoms. The van der Waals surface area contributed by atoms with Gasteiger partial charge in [0, 0.05) is 25.6 Å². The number of carbonyl (C=O) groups is 2.